The second-order valence-electron chi connectivity index (χ2n) is 14.9. The van der Waals surface area contributed by atoms with Gasteiger partial charge in [-0.1, -0.05) is 168 Å². The van der Waals surface area contributed by atoms with Crippen molar-refractivity contribution in [3.8, 4) is 16.9 Å². The molecule has 0 spiro atoms. The van der Waals surface area contributed by atoms with Crippen LogP contribution in [0.1, 0.15) is 141 Å². The highest BCUT2D eigenvalue weighted by atomic mass is 16.5. The molecule has 1 nitrogen and oxygen atoms in total. The summed E-state index contributed by atoms with van der Waals surface area (Å²) in [7, 11) is 0. The van der Waals surface area contributed by atoms with Crippen LogP contribution in [0.4, 0.5) is 0 Å². The molecule has 1 aliphatic carbocycles. The van der Waals surface area contributed by atoms with E-state index >= 15 is 0 Å². The average Bonchev–Trinajstić information content (AvgIpc) is 3.38. The van der Waals surface area contributed by atoms with Crippen molar-refractivity contribution in [1.29, 1.82) is 0 Å². The fourth-order valence-electron chi connectivity index (χ4n) is 8.13. The molecule has 0 radical (unpaired) electrons. The van der Waals surface area contributed by atoms with E-state index in [0.29, 0.717) is 0 Å². The van der Waals surface area contributed by atoms with E-state index in [1.165, 1.54) is 128 Å². The molecule has 0 bridgehead atoms. The Morgan fingerprint density at radius 3 is 1.66 bits per heavy atom. The van der Waals surface area contributed by atoms with E-state index < -0.39 is 0 Å². The van der Waals surface area contributed by atoms with Crippen LogP contribution in [0, 0.1) is 13.8 Å². The minimum atomic E-state index is 0.0716. The van der Waals surface area contributed by atoms with Crippen molar-refractivity contribution in [3.63, 3.8) is 0 Å². The lowest BCUT2D eigenvalue weighted by Crippen LogP contribution is -2.26. The first kappa shape index (κ1) is 37.4. The van der Waals surface area contributed by atoms with E-state index in [-0.39, 0.29) is 5.41 Å². The number of benzene rings is 4. The van der Waals surface area contributed by atoms with E-state index in [9.17, 15) is 0 Å². The molecule has 50 heavy (non-hydrogen) atoms. The normalized spacial score (nSPS) is 12.8. The van der Waals surface area contributed by atoms with Crippen LogP contribution in [0.2, 0.25) is 0 Å². The molecule has 0 heterocycles. The molecule has 0 aliphatic heterocycles. The summed E-state index contributed by atoms with van der Waals surface area (Å²) >= 11 is 0. The number of unbranched alkanes of at least 4 members (excludes halogenated alkanes) is 9. The van der Waals surface area contributed by atoms with E-state index in [4.69, 9.17) is 4.74 Å². The number of rotatable bonds is 22. The maximum Gasteiger partial charge on any atom is 0.122 e. The fourth-order valence-corrected chi connectivity index (χ4v) is 8.13. The van der Waals surface area contributed by atoms with Crippen LogP contribution in [0.15, 0.2) is 92.0 Å². The van der Waals surface area contributed by atoms with Crippen LogP contribution in [-0.2, 0) is 18.3 Å². The molecule has 0 saturated heterocycles. The SMILES string of the molecule is C=Cc1ccc(CCCCCCC2(CCCCCCc3ccc(C=C)cc3)c3cc(C)ccc3-c3cc(OCCCCCC)c(C)cc32)cc1. The molecule has 264 valence electrons. The maximum atomic E-state index is 6.46. The topological polar surface area (TPSA) is 9.23 Å². The first-order valence-corrected chi connectivity index (χ1v) is 19.8. The van der Waals surface area contributed by atoms with Gasteiger partial charge in [-0.25, -0.2) is 0 Å². The number of aryl methyl sites for hydroxylation is 4. The van der Waals surface area contributed by atoms with Crippen molar-refractivity contribution in [3.05, 3.63) is 137 Å². The highest BCUT2D eigenvalue weighted by molar-refractivity contribution is 5.83. The second kappa shape index (κ2) is 19.0. The van der Waals surface area contributed by atoms with Crippen molar-refractivity contribution in [2.24, 2.45) is 0 Å². The lowest BCUT2D eigenvalue weighted by molar-refractivity contribution is 0.303. The van der Waals surface area contributed by atoms with Crippen LogP contribution < -0.4 is 4.74 Å². The third-order valence-corrected chi connectivity index (χ3v) is 11.1. The molecular formula is C49H62O. The highest BCUT2D eigenvalue weighted by Crippen LogP contribution is 2.55. The summed E-state index contributed by atoms with van der Waals surface area (Å²) in [5, 5.41) is 0. The summed E-state index contributed by atoms with van der Waals surface area (Å²) in [5.74, 6) is 1.07. The maximum absolute atomic E-state index is 6.46. The van der Waals surface area contributed by atoms with Gasteiger partial charge in [-0.2, -0.15) is 0 Å². The van der Waals surface area contributed by atoms with Crippen molar-refractivity contribution in [1.82, 2.24) is 0 Å². The third kappa shape index (κ3) is 9.69. The molecular weight excluding hydrogens is 605 g/mol. The summed E-state index contributed by atoms with van der Waals surface area (Å²) in [6, 6.07) is 30.0. The van der Waals surface area contributed by atoms with Crippen molar-refractivity contribution in [2.45, 2.75) is 129 Å². The van der Waals surface area contributed by atoms with E-state index in [2.05, 4.69) is 113 Å². The van der Waals surface area contributed by atoms with Gasteiger partial charge in [-0.15, -0.1) is 0 Å². The van der Waals surface area contributed by atoms with Gasteiger partial charge in [0.05, 0.1) is 6.61 Å². The van der Waals surface area contributed by atoms with Gasteiger partial charge in [0.25, 0.3) is 0 Å². The van der Waals surface area contributed by atoms with Crippen LogP contribution in [-0.4, -0.2) is 6.61 Å². The second-order valence-corrected chi connectivity index (χ2v) is 14.9. The summed E-state index contributed by atoms with van der Waals surface area (Å²) in [5.41, 5.74) is 14.0. The molecule has 0 N–H and O–H groups in total. The quantitative estimate of drug-likeness (QED) is 0.0759. The molecule has 0 saturated carbocycles. The Labute approximate surface area is 304 Å². The van der Waals surface area contributed by atoms with Crippen molar-refractivity contribution in [2.75, 3.05) is 6.61 Å². The molecule has 0 unspecified atom stereocenters. The Morgan fingerprint density at radius 2 is 1.10 bits per heavy atom. The van der Waals surface area contributed by atoms with Gasteiger partial charge in [-0.3, -0.25) is 0 Å². The Hall–Kier alpha value is -3.84. The molecule has 1 aliphatic rings. The first-order chi connectivity index (χ1) is 24.5. The molecule has 4 aromatic rings. The summed E-state index contributed by atoms with van der Waals surface area (Å²) in [6.07, 6.45) is 23.7. The van der Waals surface area contributed by atoms with Gasteiger partial charge < -0.3 is 4.74 Å². The minimum Gasteiger partial charge on any atom is -0.493 e. The first-order valence-electron chi connectivity index (χ1n) is 19.8. The summed E-state index contributed by atoms with van der Waals surface area (Å²) < 4.78 is 6.46. The number of ether oxygens (including phenoxy) is 1. The monoisotopic (exact) mass is 666 g/mol. The molecule has 0 aromatic heterocycles. The standard InChI is InChI=1S/C49H62O/c1-6-9-10-19-34-50-48-37-45-44-31-22-38(4)35-46(44)49(47(45)36-39(48)5,32-17-13-11-15-20-42-27-23-40(7-2)24-28-42)33-18-14-12-16-21-43-29-25-41(8-3)26-30-43/h7-8,22-31,35-37H,2-3,6,9-21,32-34H2,1,4-5H3. The zero-order valence-corrected chi connectivity index (χ0v) is 31.5. The van der Waals surface area contributed by atoms with Gasteiger partial charge >= 0.3 is 0 Å². The lowest BCUT2D eigenvalue weighted by atomic mass is 9.70. The molecule has 0 amide bonds. The Morgan fingerprint density at radius 1 is 0.560 bits per heavy atom. The predicted octanol–water partition coefficient (Wildman–Crippen LogP) is 14.2. The fraction of sp³-hybridized carbons (Fsp3) is 0.429. The van der Waals surface area contributed by atoms with Gasteiger partial charge in [0.2, 0.25) is 0 Å². The number of fused-ring (bicyclic) bond motifs is 3. The van der Waals surface area contributed by atoms with Gasteiger partial charge in [0.1, 0.15) is 5.75 Å². The van der Waals surface area contributed by atoms with Crippen LogP contribution in [0.25, 0.3) is 23.3 Å². The molecule has 4 aromatic carbocycles. The minimum absolute atomic E-state index is 0.0716. The lowest BCUT2D eigenvalue weighted by Gasteiger charge is -2.33. The van der Waals surface area contributed by atoms with Gasteiger partial charge in [0, 0.05) is 5.41 Å². The smallest absolute Gasteiger partial charge is 0.122 e. The van der Waals surface area contributed by atoms with Gasteiger partial charge in [0.15, 0.2) is 0 Å². The predicted molar refractivity (Wildman–Crippen MR) is 218 cm³/mol. The average molecular weight is 667 g/mol. The Bertz CT molecular complexity index is 1590. The van der Waals surface area contributed by atoms with E-state index in [1.54, 1.807) is 11.1 Å². The van der Waals surface area contributed by atoms with Gasteiger partial charge in [-0.05, 0) is 115 Å². The largest absolute Gasteiger partial charge is 0.493 e. The van der Waals surface area contributed by atoms with Crippen molar-refractivity contribution >= 4 is 12.2 Å². The van der Waals surface area contributed by atoms with Crippen LogP contribution in [0.3, 0.4) is 0 Å². The summed E-state index contributed by atoms with van der Waals surface area (Å²) in [6.45, 7) is 15.4. The third-order valence-electron chi connectivity index (χ3n) is 11.1. The highest BCUT2D eigenvalue weighted by Gasteiger charge is 2.42. The van der Waals surface area contributed by atoms with Crippen molar-refractivity contribution < 1.29 is 4.74 Å². The van der Waals surface area contributed by atoms with E-state index in [0.717, 1.165) is 31.6 Å². The zero-order chi connectivity index (χ0) is 35.2. The number of hydrogen-bond donors (Lipinski definition) is 0. The van der Waals surface area contributed by atoms with E-state index in [1.807, 2.05) is 12.2 Å². The zero-order valence-electron chi connectivity index (χ0n) is 31.5. The van der Waals surface area contributed by atoms with Crippen LogP contribution >= 0.6 is 0 Å². The molecule has 0 atom stereocenters. The number of hydrogen-bond acceptors (Lipinski definition) is 1. The molecule has 5 rings (SSSR count). The molecule has 0 fully saturated rings. The summed E-state index contributed by atoms with van der Waals surface area (Å²) in [4.78, 5) is 0. The Balaban J connectivity index is 1.29. The van der Waals surface area contributed by atoms with Crippen LogP contribution in [0.5, 0.6) is 5.75 Å². The molecule has 1 heteroatoms. The Kier molecular flexibility index (Phi) is 14.2.